The normalized spacial score (nSPS) is 15.4. The molecule has 148 valence electrons. The Kier molecular flexibility index (Phi) is 6.04. The zero-order chi connectivity index (χ0) is 20.3. The molecule has 5 heteroatoms. The van der Waals surface area contributed by atoms with Gasteiger partial charge in [-0.1, -0.05) is 51.1 Å². The molecule has 1 aliphatic heterocycles. The van der Waals surface area contributed by atoms with Gasteiger partial charge in [-0.05, 0) is 60.3 Å². The van der Waals surface area contributed by atoms with Gasteiger partial charge in [0.1, 0.15) is 0 Å². The van der Waals surface area contributed by atoms with Crippen LogP contribution < -0.4 is 15.5 Å². The van der Waals surface area contributed by atoms with E-state index in [9.17, 15) is 4.79 Å². The predicted molar refractivity (Wildman–Crippen MR) is 121 cm³/mol. The van der Waals surface area contributed by atoms with E-state index in [2.05, 4.69) is 62.6 Å². The third-order valence-electron chi connectivity index (χ3n) is 5.11. The lowest BCUT2D eigenvalue weighted by atomic mass is 9.86. The summed E-state index contributed by atoms with van der Waals surface area (Å²) in [6.07, 6.45) is 1.55. The molecular formula is C23H29N3OS. The largest absolute Gasteiger partial charge is 0.356 e. The van der Waals surface area contributed by atoms with Crippen LogP contribution in [0.4, 0.5) is 11.4 Å². The van der Waals surface area contributed by atoms with Gasteiger partial charge in [-0.15, -0.1) is 0 Å². The molecule has 1 saturated heterocycles. The van der Waals surface area contributed by atoms with E-state index in [4.69, 9.17) is 12.2 Å². The highest BCUT2D eigenvalue weighted by Crippen LogP contribution is 2.25. The van der Waals surface area contributed by atoms with Gasteiger partial charge in [0.05, 0.1) is 6.04 Å². The van der Waals surface area contributed by atoms with E-state index in [0.717, 1.165) is 24.3 Å². The Bertz CT molecular complexity index is 855. The zero-order valence-electron chi connectivity index (χ0n) is 17.1. The minimum Gasteiger partial charge on any atom is -0.356 e. The van der Waals surface area contributed by atoms with Crippen LogP contribution in [0.1, 0.15) is 57.7 Å². The average Bonchev–Trinajstić information content (AvgIpc) is 3.07. The Balaban J connectivity index is 1.61. The summed E-state index contributed by atoms with van der Waals surface area (Å²) in [5.74, 6) is 0.185. The van der Waals surface area contributed by atoms with Crippen molar-refractivity contribution in [2.45, 2.75) is 52.0 Å². The van der Waals surface area contributed by atoms with E-state index in [1.165, 1.54) is 11.1 Å². The Labute approximate surface area is 173 Å². The first kappa shape index (κ1) is 20.3. The molecule has 3 rings (SSSR count). The molecule has 2 aromatic rings. The highest BCUT2D eigenvalue weighted by molar-refractivity contribution is 7.80. The van der Waals surface area contributed by atoms with Gasteiger partial charge >= 0.3 is 0 Å². The van der Waals surface area contributed by atoms with Crippen LogP contribution >= 0.6 is 12.2 Å². The molecule has 0 aromatic heterocycles. The Morgan fingerprint density at radius 1 is 1.14 bits per heavy atom. The summed E-state index contributed by atoms with van der Waals surface area (Å²) < 4.78 is 0. The highest BCUT2D eigenvalue weighted by atomic mass is 32.1. The van der Waals surface area contributed by atoms with Crippen molar-refractivity contribution in [2.24, 2.45) is 0 Å². The summed E-state index contributed by atoms with van der Waals surface area (Å²) in [6, 6.07) is 16.6. The first-order valence-corrected chi connectivity index (χ1v) is 10.2. The van der Waals surface area contributed by atoms with Crippen molar-refractivity contribution in [2.75, 3.05) is 16.8 Å². The van der Waals surface area contributed by atoms with Gasteiger partial charge in [0.25, 0.3) is 0 Å². The van der Waals surface area contributed by atoms with Gasteiger partial charge in [0, 0.05) is 24.3 Å². The van der Waals surface area contributed by atoms with E-state index in [1.54, 1.807) is 0 Å². The van der Waals surface area contributed by atoms with Crippen LogP contribution in [-0.4, -0.2) is 17.6 Å². The van der Waals surface area contributed by atoms with Gasteiger partial charge in [0.15, 0.2) is 5.11 Å². The molecule has 4 nitrogen and oxygen atoms in total. The van der Waals surface area contributed by atoms with Crippen molar-refractivity contribution >= 4 is 34.6 Å². The van der Waals surface area contributed by atoms with E-state index in [1.807, 2.05) is 29.2 Å². The molecule has 0 radical (unpaired) electrons. The Morgan fingerprint density at radius 3 is 2.46 bits per heavy atom. The van der Waals surface area contributed by atoms with Gasteiger partial charge < -0.3 is 15.5 Å². The number of thiocarbonyl (C=S) groups is 1. The molecule has 1 heterocycles. The second kappa shape index (κ2) is 8.31. The number of nitrogens with zero attached hydrogens (tertiary/aromatic N) is 1. The minimum absolute atomic E-state index is 0.0948. The third kappa shape index (κ3) is 4.90. The maximum atomic E-state index is 12.0. The first-order chi connectivity index (χ1) is 13.2. The summed E-state index contributed by atoms with van der Waals surface area (Å²) >= 11 is 5.50. The smallest absolute Gasteiger partial charge is 0.227 e. The highest BCUT2D eigenvalue weighted by Gasteiger charge is 2.21. The minimum atomic E-state index is 0.0948. The molecule has 0 aliphatic carbocycles. The van der Waals surface area contributed by atoms with Crippen molar-refractivity contribution in [1.82, 2.24) is 5.32 Å². The van der Waals surface area contributed by atoms with Gasteiger partial charge in [-0.3, -0.25) is 4.79 Å². The number of carbonyl (C=O) groups excluding carboxylic acids is 1. The molecular weight excluding hydrogens is 366 g/mol. The Hall–Kier alpha value is -2.40. The number of anilines is 2. The monoisotopic (exact) mass is 395 g/mol. The molecule has 1 amide bonds. The van der Waals surface area contributed by atoms with Crippen LogP contribution in [0.15, 0.2) is 48.5 Å². The number of hydrogen-bond acceptors (Lipinski definition) is 2. The second-order valence-corrected chi connectivity index (χ2v) is 8.80. The molecule has 2 aromatic carbocycles. The van der Waals surface area contributed by atoms with Crippen LogP contribution in [0.5, 0.6) is 0 Å². The lowest BCUT2D eigenvalue weighted by Gasteiger charge is -2.22. The van der Waals surface area contributed by atoms with E-state index in [0.29, 0.717) is 11.5 Å². The number of carbonyl (C=O) groups is 1. The van der Waals surface area contributed by atoms with Crippen LogP contribution in [0.2, 0.25) is 0 Å². The SMILES string of the molecule is C[C@H](NC(=S)Nc1cccc(N2CCCC2=O)c1)c1ccc(C(C)(C)C)cc1. The summed E-state index contributed by atoms with van der Waals surface area (Å²) in [6.45, 7) is 9.53. The fourth-order valence-electron chi connectivity index (χ4n) is 3.39. The summed E-state index contributed by atoms with van der Waals surface area (Å²) in [7, 11) is 0. The number of nitrogens with one attached hydrogen (secondary N) is 2. The molecule has 0 unspecified atom stereocenters. The van der Waals surface area contributed by atoms with E-state index < -0.39 is 0 Å². The van der Waals surface area contributed by atoms with Crippen LogP contribution in [0.25, 0.3) is 0 Å². The fraction of sp³-hybridized carbons (Fsp3) is 0.391. The summed E-state index contributed by atoms with van der Waals surface area (Å²) in [5.41, 5.74) is 4.45. The lowest BCUT2D eigenvalue weighted by Crippen LogP contribution is -2.31. The molecule has 28 heavy (non-hydrogen) atoms. The molecule has 0 spiro atoms. The third-order valence-corrected chi connectivity index (χ3v) is 5.33. The fourth-order valence-corrected chi connectivity index (χ4v) is 3.69. The number of benzene rings is 2. The van der Waals surface area contributed by atoms with Crippen molar-refractivity contribution in [3.63, 3.8) is 0 Å². The maximum Gasteiger partial charge on any atom is 0.227 e. The quantitative estimate of drug-likeness (QED) is 0.702. The molecule has 0 saturated carbocycles. The van der Waals surface area contributed by atoms with Gasteiger partial charge in [0.2, 0.25) is 5.91 Å². The Morgan fingerprint density at radius 2 is 1.86 bits per heavy atom. The van der Waals surface area contributed by atoms with Crippen LogP contribution in [0.3, 0.4) is 0 Å². The van der Waals surface area contributed by atoms with Crippen LogP contribution in [0, 0.1) is 0 Å². The zero-order valence-corrected chi connectivity index (χ0v) is 17.9. The van der Waals surface area contributed by atoms with E-state index in [-0.39, 0.29) is 17.4 Å². The van der Waals surface area contributed by atoms with Gasteiger partial charge in [-0.2, -0.15) is 0 Å². The summed E-state index contributed by atoms with van der Waals surface area (Å²) in [4.78, 5) is 13.8. The topological polar surface area (TPSA) is 44.4 Å². The number of hydrogen-bond donors (Lipinski definition) is 2. The second-order valence-electron chi connectivity index (χ2n) is 8.39. The molecule has 1 atom stereocenters. The standard InChI is InChI=1S/C23H29N3OS/c1-16(17-10-12-18(13-11-17)23(2,3)4)24-22(28)25-19-7-5-8-20(15-19)26-14-6-9-21(26)27/h5,7-8,10-13,15-16H,6,9,14H2,1-4H3,(H2,24,25,28)/t16-/m0/s1. The molecule has 1 aliphatic rings. The molecule has 1 fully saturated rings. The lowest BCUT2D eigenvalue weighted by molar-refractivity contribution is -0.117. The number of amides is 1. The van der Waals surface area contributed by atoms with Crippen molar-refractivity contribution in [1.29, 1.82) is 0 Å². The maximum absolute atomic E-state index is 12.0. The van der Waals surface area contributed by atoms with E-state index >= 15 is 0 Å². The van der Waals surface area contributed by atoms with Crippen molar-refractivity contribution in [3.8, 4) is 0 Å². The van der Waals surface area contributed by atoms with Crippen molar-refractivity contribution < 1.29 is 4.79 Å². The summed E-state index contributed by atoms with van der Waals surface area (Å²) in [5, 5.41) is 7.15. The average molecular weight is 396 g/mol. The first-order valence-electron chi connectivity index (χ1n) is 9.82. The predicted octanol–water partition coefficient (Wildman–Crippen LogP) is 5.16. The van der Waals surface area contributed by atoms with Crippen molar-refractivity contribution in [3.05, 3.63) is 59.7 Å². The number of rotatable bonds is 4. The van der Waals surface area contributed by atoms with Gasteiger partial charge in [-0.25, -0.2) is 0 Å². The van der Waals surface area contributed by atoms with Crippen LogP contribution in [-0.2, 0) is 10.2 Å². The molecule has 0 bridgehead atoms. The molecule has 2 N–H and O–H groups in total.